The van der Waals surface area contributed by atoms with E-state index in [1.807, 2.05) is 60.5 Å². The van der Waals surface area contributed by atoms with Crippen molar-refractivity contribution in [2.75, 3.05) is 19.0 Å². The highest BCUT2D eigenvalue weighted by atomic mass is 32.3. The van der Waals surface area contributed by atoms with Crippen LogP contribution in [0.1, 0.15) is 41.5 Å². The predicted molar refractivity (Wildman–Crippen MR) is 153 cm³/mol. The molecular formula is C29H36F3NO5S2. The zero-order valence-corrected chi connectivity index (χ0v) is 25.5. The van der Waals surface area contributed by atoms with E-state index in [4.69, 9.17) is 13.1 Å². The van der Waals surface area contributed by atoms with Gasteiger partial charge in [-0.25, -0.2) is 0 Å². The quantitative estimate of drug-likeness (QED) is 0.243. The van der Waals surface area contributed by atoms with Crippen LogP contribution in [0.4, 0.5) is 18.9 Å². The number of alkyl halides is 3. The number of rotatable bonds is 8. The highest BCUT2D eigenvalue weighted by molar-refractivity contribution is 8.33. The Bertz CT molecular complexity index is 1370. The number of ether oxygens (including phenoxy) is 2. The van der Waals surface area contributed by atoms with Crippen molar-refractivity contribution in [2.24, 2.45) is 0 Å². The largest absolute Gasteiger partial charge is 0.524 e. The fourth-order valence-electron chi connectivity index (χ4n) is 3.78. The van der Waals surface area contributed by atoms with Gasteiger partial charge >= 0.3 is 15.6 Å². The van der Waals surface area contributed by atoms with E-state index in [0.29, 0.717) is 11.5 Å². The molecule has 3 aromatic carbocycles. The second-order valence-corrected chi connectivity index (χ2v) is 15.7. The van der Waals surface area contributed by atoms with Crippen LogP contribution in [-0.4, -0.2) is 39.2 Å². The summed E-state index contributed by atoms with van der Waals surface area (Å²) in [6.45, 7) is 11.0. The van der Waals surface area contributed by atoms with E-state index >= 15 is 0 Å². The standard InChI is InChI=1S/C29H36F3NO5S2/c1-27(2,3)36-22-11-9-13-25(19-22)39(38-40(34,35)29(30,31)32,24-17-15-21(16-18-24)33(7)8)26-14-10-12-23(20-26)37-28(4,5)6/h9-20H,1-8H3. The Kier molecular flexibility index (Phi) is 8.84. The van der Waals surface area contributed by atoms with E-state index in [-0.39, 0.29) is 14.7 Å². The van der Waals surface area contributed by atoms with E-state index in [9.17, 15) is 21.6 Å². The predicted octanol–water partition coefficient (Wildman–Crippen LogP) is 8.17. The van der Waals surface area contributed by atoms with Crippen molar-refractivity contribution in [3.63, 3.8) is 0 Å². The molecule has 0 aromatic heterocycles. The first-order chi connectivity index (χ1) is 18.2. The summed E-state index contributed by atoms with van der Waals surface area (Å²) in [5.41, 5.74) is -6.13. The fraction of sp³-hybridized carbons (Fsp3) is 0.379. The average molecular weight is 600 g/mol. The SMILES string of the molecule is CN(C)c1ccc(S(OS(=O)(=O)C(F)(F)F)(c2cccc(OC(C)(C)C)c2)c2cccc(OC(C)(C)C)c2)cc1. The Labute approximate surface area is 236 Å². The van der Waals surface area contributed by atoms with Crippen LogP contribution >= 0.6 is 10.3 Å². The minimum absolute atomic E-state index is 0.201. The van der Waals surface area contributed by atoms with E-state index in [1.165, 1.54) is 12.1 Å². The maximum absolute atomic E-state index is 13.9. The zero-order valence-electron chi connectivity index (χ0n) is 23.9. The van der Waals surface area contributed by atoms with Crippen LogP contribution in [0.3, 0.4) is 0 Å². The van der Waals surface area contributed by atoms with Gasteiger partial charge < -0.3 is 14.4 Å². The molecule has 0 radical (unpaired) electrons. The van der Waals surface area contributed by atoms with Gasteiger partial charge in [0.1, 0.15) is 22.7 Å². The molecule has 3 aromatic rings. The molecule has 0 saturated heterocycles. The number of anilines is 1. The summed E-state index contributed by atoms with van der Waals surface area (Å²) in [5.74, 6) is 0.698. The molecule has 0 aliphatic carbocycles. The molecule has 0 aliphatic heterocycles. The van der Waals surface area contributed by atoms with Gasteiger partial charge in [-0.1, -0.05) is 12.1 Å². The van der Waals surface area contributed by atoms with E-state index in [1.54, 1.807) is 60.7 Å². The summed E-state index contributed by atoms with van der Waals surface area (Å²) >= 11 is 0. The molecule has 0 fully saturated rings. The summed E-state index contributed by atoms with van der Waals surface area (Å²) in [6, 6.07) is 19.3. The van der Waals surface area contributed by atoms with E-state index in [0.717, 1.165) is 5.69 Å². The summed E-state index contributed by atoms with van der Waals surface area (Å²) in [4.78, 5) is 2.47. The Balaban J connectivity index is 2.44. The molecule has 6 nitrogen and oxygen atoms in total. The lowest BCUT2D eigenvalue weighted by molar-refractivity contribution is -0.0496. The van der Waals surface area contributed by atoms with Gasteiger partial charge in [-0.3, -0.25) is 0 Å². The monoisotopic (exact) mass is 599 g/mol. The third kappa shape index (κ3) is 7.44. The normalized spacial score (nSPS) is 13.6. The van der Waals surface area contributed by atoms with Crippen molar-refractivity contribution >= 4 is 26.1 Å². The molecule has 0 aliphatic rings. The van der Waals surface area contributed by atoms with Crippen LogP contribution in [0.15, 0.2) is 87.5 Å². The van der Waals surface area contributed by atoms with Gasteiger partial charge in [0.25, 0.3) is 0 Å². The lowest BCUT2D eigenvalue weighted by atomic mass is 10.2. The van der Waals surface area contributed by atoms with Gasteiger partial charge in [0.15, 0.2) is 0 Å². The van der Waals surface area contributed by atoms with Crippen molar-refractivity contribution < 1.29 is 34.7 Å². The maximum atomic E-state index is 13.9. The van der Waals surface area contributed by atoms with Gasteiger partial charge in [0, 0.05) is 34.5 Å². The first-order valence-electron chi connectivity index (χ1n) is 12.4. The molecule has 0 N–H and O–H groups in total. The van der Waals surface area contributed by atoms with Crippen LogP contribution in [-0.2, 0) is 13.7 Å². The van der Waals surface area contributed by atoms with Gasteiger partial charge in [-0.15, -0.1) is 0 Å². The topological polar surface area (TPSA) is 65.1 Å². The Morgan fingerprint density at radius 1 is 0.650 bits per heavy atom. The molecule has 0 amide bonds. The third-order valence-corrected chi connectivity index (χ3v) is 10.2. The van der Waals surface area contributed by atoms with Crippen LogP contribution < -0.4 is 14.4 Å². The Hall–Kier alpha value is -2.89. The number of halogens is 3. The van der Waals surface area contributed by atoms with Crippen LogP contribution in [0.25, 0.3) is 0 Å². The van der Waals surface area contributed by atoms with Gasteiger partial charge in [-0.05, 0) is 113 Å². The fourth-order valence-corrected chi connectivity index (χ4v) is 8.54. The number of hydrogen-bond donors (Lipinski definition) is 0. The Morgan fingerprint density at radius 3 is 1.43 bits per heavy atom. The van der Waals surface area contributed by atoms with Gasteiger partial charge in [0.2, 0.25) is 0 Å². The highest BCUT2D eigenvalue weighted by Crippen LogP contribution is 2.71. The van der Waals surface area contributed by atoms with Crippen molar-refractivity contribution in [2.45, 2.75) is 72.9 Å². The highest BCUT2D eigenvalue weighted by Gasteiger charge is 2.52. The third-order valence-electron chi connectivity index (χ3n) is 5.28. The Morgan fingerprint density at radius 2 is 1.07 bits per heavy atom. The smallest absolute Gasteiger partial charge is 0.488 e. The second-order valence-electron chi connectivity index (χ2n) is 11.3. The first-order valence-corrected chi connectivity index (χ1v) is 15.4. The summed E-state index contributed by atoms with van der Waals surface area (Å²) in [7, 11) is -6.00. The molecule has 0 bridgehead atoms. The second kappa shape index (κ2) is 11.2. The first kappa shape index (κ1) is 31.6. The molecule has 0 unspecified atom stereocenters. The lowest BCUT2D eigenvalue weighted by Gasteiger charge is -2.40. The molecule has 220 valence electrons. The summed E-state index contributed by atoms with van der Waals surface area (Å²) in [5, 5.41) is 0. The van der Waals surface area contributed by atoms with E-state index in [2.05, 4.69) is 0 Å². The zero-order chi connectivity index (χ0) is 30.1. The van der Waals surface area contributed by atoms with Gasteiger partial charge in [0.05, 0.1) is 0 Å². The minimum atomic E-state index is -6.08. The number of hydrogen-bond acceptors (Lipinski definition) is 6. The van der Waals surface area contributed by atoms with Crippen molar-refractivity contribution in [1.29, 1.82) is 0 Å². The lowest BCUT2D eigenvalue weighted by Crippen LogP contribution is -2.28. The molecule has 40 heavy (non-hydrogen) atoms. The average Bonchev–Trinajstić information content (AvgIpc) is 2.80. The molecule has 0 spiro atoms. The van der Waals surface area contributed by atoms with Crippen molar-refractivity contribution in [3.05, 3.63) is 72.8 Å². The van der Waals surface area contributed by atoms with Crippen molar-refractivity contribution in [1.82, 2.24) is 0 Å². The summed E-state index contributed by atoms with van der Waals surface area (Å²) in [6.07, 6.45) is 0. The summed E-state index contributed by atoms with van der Waals surface area (Å²) < 4.78 is 84.8. The molecule has 0 atom stereocenters. The molecule has 0 heterocycles. The molecule has 0 saturated carbocycles. The number of benzene rings is 3. The van der Waals surface area contributed by atoms with Crippen LogP contribution in [0.2, 0.25) is 0 Å². The molecule has 11 heteroatoms. The minimum Gasteiger partial charge on any atom is -0.488 e. The molecule has 3 rings (SSSR count). The van der Waals surface area contributed by atoms with E-state index < -0.39 is 37.1 Å². The maximum Gasteiger partial charge on any atom is 0.524 e. The van der Waals surface area contributed by atoms with Gasteiger partial charge in [-0.2, -0.15) is 25.2 Å². The van der Waals surface area contributed by atoms with Crippen molar-refractivity contribution in [3.8, 4) is 11.5 Å². The van der Waals surface area contributed by atoms with Crippen LogP contribution in [0, 0.1) is 0 Å². The number of nitrogens with zero attached hydrogens (tertiary/aromatic N) is 1. The molecular weight excluding hydrogens is 563 g/mol. The van der Waals surface area contributed by atoms with Crippen LogP contribution in [0.5, 0.6) is 11.5 Å².